The molecule has 222 valence electrons. The Kier molecular flexibility index (Phi) is 7.95. The standard InChI is InChI=1S/C31H26O9S3/c1-21-4-10-25(11-5-21)38-41(32,33)28-16-17-30-24(18-28)19-29(42(34,35)39-26-12-6-22(2)7-13-26)20-31(30)43(36,37)40-27-14-8-23(3)9-15-27/h4-20H,1-3H3. The van der Waals surface area contributed by atoms with Crippen LogP contribution < -0.4 is 12.5 Å². The molecule has 0 saturated heterocycles. The van der Waals surface area contributed by atoms with E-state index in [4.69, 9.17) is 12.5 Å². The van der Waals surface area contributed by atoms with Gasteiger partial charge in [-0.3, -0.25) is 0 Å². The van der Waals surface area contributed by atoms with E-state index in [1.807, 2.05) is 20.8 Å². The molecule has 0 amide bonds. The Morgan fingerprint density at radius 2 is 0.791 bits per heavy atom. The van der Waals surface area contributed by atoms with Crippen LogP contribution in [0.1, 0.15) is 16.7 Å². The maximum Gasteiger partial charge on any atom is 0.339 e. The number of rotatable bonds is 9. The topological polar surface area (TPSA) is 130 Å². The molecule has 0 saturated carbocycles. The minimum Gasteiger partial charge on any atom is -0.379 e. The molecule has 0 spiro atoms. The van der Waals surface area contributed by atoms with Gasteiger partial charge >= 0.3 is 30.4 Å². The van der Waals surface area contributed by atoms with E-state index in [-0.39, 0.29) is 32.9 Å². The summed E-state index contributed by atoms with van der Waals surface area (Å²) in [4.78, 5) is -1.35. The lowest BCUT2D eigenvalue weighted by atomic mass is 10.1. The summed E-state index contributed by atoms with van der Waals surface area (Å²) >= 11 is 0. The minimum atomic E-state index is -4.62. The van der Waals surface area contributed by atoms with Crippen molar-refractivity contribution in [2.45, 2.75) is 35.5 Å². The van der Waals surface area contributed by atoms with E-state index in [0.29, 0.717) is 0 Å². The lowest BCUT2D eigenvalue weighted by Crippen LogP contribution is -2.14. The first kappa shape index (κ1) is 30.1. The number of benzene rings is 5. The molecule has 9 nitrogen and oxygen atoms in total. The average Bonchev–Trinajstić information content (AvgIpc) is 2.95. The van der Waals surface area contributed by atoms with Crippen molar-refractivity contribution in [3.05, 3.63) is 120 Å². The Bertz CT molecular complexity index is 2130. The first-order valence-electron chi connectivity index (χ1n) is 12.8. The van der Waals surface area contributed by atoms with Gasteiger partial charge in [0.05, 0.1) is 0 Å². The van der Waals surface area contributed by atoms with Crippen LogP contribution in [0.4, 0.5) is 0 Å². The summed E-state index contributed by atoms with van der Waals surface area (Å²) in [5.74, 6) is 0.0886. The molecule has 0 bridgehead atoms. The van der Waals surface area contributed by atoms with Gasteiger partial charge in [-0.2, -0.15) is 25.3 Å². The lowest BCUT2D eigenvalue weighted by Gasteiger charge is -2.14. The number of aryl methyl sites for hydroxylation is 3. The molecule has 0 unspecified atom stereocenters. The largest absolute Gasteiger partial charge is 0.379 e. The van der Waals surface area contributed by atoms with Crippen LogP contribution in [0.2, 0.25) is 0 Å². The number of hydrogen-bond donors (Lipinski definition) is 0. The summed E-state index contributed by atoms with van der Waals surface area (Å²) in [7, 11) is -13.6. The van der Waals surface area contributed by atoms with E-state index in [2.05, 4.69) is 0 Å². The summed E-state index contributed by atoms with van der Waals surface area (Å²) in [6.07, 6.45) is 0. The predicted octanol–water partition coefficient (Wildman–Crippen LogP) is 6.07. The van der Waals surface area contributed by atoms with Crippen molar-refractivity contribution in [3.8, 4) is 17.2 Å². The van der Waals surface area contributed by atoms with Gasteiger partial charge in [-0.1, -0.05) is 59.2 Å². The van der Waals surface area contributed by atoms with Crippen molar-refractivity contribution >= 4 is 41.1 Å². The molecule has 5 aromatic rings. The highest BCUT2D eigenvalue weighted by atomic mass is 32.2. The summed E-state index contributed by atoms with van der Waals surface area (Å²) in [5.41, 5.74) is 2.65. The van der Waals surface area contributed by atoms with Crippen LogP contribution in [0.3, 0.4) is 0 Å². The highest BCUT2D eigenvalue weighted by Gasteiger charge is 2.27. The zero-order valence-corrected chi connectivity index (χ0v) is 25.7. The molecule has 0 heterocycles. The fraction of sp³-hybridized carbons (Fsp3) is 0.0968. The molecule has 0 radical (unpaired) electrons. The predicted molar refractivity (Wildman–Crippen MR) is 161 cm³/mol. The maximum absolute atomic E-state index is 13.5. The number of fused-ring (bicyclic) bond motifs is 1. The van der Waals surface area contributed by atoms with E-state index >= 15 is 0 Å². The number of hydrogen-bond acceptors (Lipinski definition) is 9. The van der Waals surface area contributed by atoms with E-state index in [9.17, 15) is 25.3 Å². The van der Waals surface area contributed by atoms with Crippen molar-refractivity contribution in [2.24, 2.45) is 0 Å². The third-order valence-corrected chi connectivity index (χ3v) is 10.1. The third kappa shape index (κ3) is 6.82. The SMILES string of the molecule is Cc1ccc(OS(=O)(=O)c2ccc3c(S(=O)(=O)Oc4ccc(C)cc4)cc(S(=O)(=O)Oc4ccc(C)cc4)cc3c2)cc1. The fourth-order valence-corrected chi connectivity index (χ4v) is 7.31. The van der Waals surface area contributed by atoms with Gasteiger partial charge in [-0.15, -0.1) is 0 Å². The molecule has 0 aliphatic carbocycles. The Morgan fingerprint density at radius 3 is 1.23 bits per heavy atom. The van der Waals surface area contributed by atoms with E-state index < -0.39 is 40.1 Å². The molecule has 0 aliphatic heterocycles. The highest BCUT2D eigenvalue weighted by molar-refractivity contribution is 7.88. The lowest BCUT2D eigenvalue weighted by molar-refractivity contribution is 0.483. The Balaban J connectivity index is 1.64. The molecule has 0 aromatic heterocycles. The summed E-state index contributed by atoms with van der Waals surface area (Å²) in [6.45, 7) is 5.48. The van der Waals surface area contributed by atoms with E-state index in [0.717, 1.165) is 34.9 Å². The molecule has 5 rings (SSSR count). The molecule has 0 N–H and O–H groups in total. The van der Waals surface area contributed by atoms with Gasteiger partial charge in [0.25, 0.3) is 0 Å². The van der Waals surface area contributed by atoms with Gasteiger partial charge in [0.15, 0.2) is 0 Å². The molecular weight excluding hydrogens is 613 g/mol. The Morgan fingerprint density at radius 1 is 0.419 bits per heavy atom. The van der Waals surface area contributed by atoms with Gasteiger partial charge in [0.2, 0.25) is 0 Å². The minimum absolute atomic E-state index is 0.00797. The van der Waals surface area contributed by atoms with Crippen molar-refractivity contribution in [2.75, 3.05) is 0 Å². The summed E-state index contributed by atoms with van der Waals surface area (Å²) < 4.78 is 95.9. The van der Waals surface area contributed by atoms with Gasteiger partial charge in [0.1, 0.15) is 31.9 Å². The molecular formula is C31H26O9S3. The van der Waals surface area contributed by atoms with Crippen molar-refractivity contribution in [3.63, 3.8) is 0 Å². The summed E-state index contributed by atoms with van der Waals surface area (Å²) in [5, 5.41) is 0.00364. The highest BCUT2D eigenvalue weighted by Crippen LogP contribution is 2.33. The van der Waals surface area contributed by atoms with E-state index in [1.54, 1.807) is 36.4 Å². The van der Waals surface area contributed by atoms with Gasteiger partial charge in [-0.05, 0) is 86.8 Å². The fourth-order valence-electron chi connectivity index (χ4n) is 4.10. The first-order chi connectivity index (χ1) is 20.2. The summed E-state index contributed by atoms with van der Waals surface area (Å²) in [6, 6.07) is 24.4. The van der Waals surface area contributed by atoms with Gasteiger partial charge in [0, 0.05) is 5.39 Å². The molecule has 0 fully saturated rings. The molecule has 43 heavy (non-hydrogen) atoms. The van der Waals surface area contributed by atoms with Crippen molar-refractivity contribution in [1.29, 1.82) is 0 Å². The second-order valence-electron chi connectivity index (χ2n) is 9.86. The quantitative estimate of drug-likeness (QED) is 0.177. The zero-order valence-electron chi connectivity index (χ0n) is 23.2. The van der Waals surface area contributed by atoms with Gasteiger partial charge in [-0.25, -0.2) is 0 Å². The van der Waals surface area contributed by atoms with Gasteiger partial charge < -0.3 is 12.5 Å². The Labute approximate surface area is 250 Å². The Hall–Kier alpha value is -4.39. The van der Waals surface area contributed by atoms with Crippen LogP contribution >= 0.6 is 0 Å². The normalized spacial score (nSPS) is 12.2. The van der Waals surface area contributed by atoms with Crippen LogP contribution in [0.15, 0.2) is 118 Å². The molecule has 5 aromatic carbocycles. The van der Waals surface area contributed by atoms with Crippen LogP contribution in [-0.4, -0.2) is 25.3 Å². The first-order valence-corrected chi connectivity index (χ1v) is 17.1. The smallest absolute Gasteiger partial charge is 0.339 e. The second-order valence-corrected chi connectivity index (χ2v) is 14.5. The second kappa shape index (κ2) is 11.4. The van der Waals surface area contributed by atoms with Crippen LogP contribution in [0.25, 0.3) is 10.8 Å². The average molecular weight is 639 g/mol. The van der Waals surface area contributed by atoms with Crippen LogP contribution in [0, 0.1) is 20.8 Å². The zero-order chi connectivity index (χ0) is 31.0. The monoisotopic (exact) mass is 638 g/mol. The third-order valence-electron chi connectivity index (χ3n) is 6.39. The molecule has 0 atom stereocenters. The molecule has 12 heteroatoms. The van der Waals surface area contributed by atoms with E-state index in [1.165, 1.54) is 48.5 Å². The van der Waals surface area contributed by atoms with Crippen LogP contribution in [-0.2, 0) is 30.4 Å². The van der Waals surface area contributed by atoms with Crippen molar-refractivity contribution in [1.82, 2.24) is 0 Å². The maximum atomic E-state index is 13.5. The van der Waals surface area contributed by atoms with Crippen LogP contribution in [0.5, 0.6) is 17.2 Å². The molecule has 0 aliphatic rings. The van der Waals surface area contributed by atoms with Crippen molar-refractivity contribution < 1.29 is 37.8 Å².